The van der Waals surface area contributed by atoms with Gasteiger partial charge in [-0.1, -0.05) is 12.1 Å². The first-order chi connectivity index (χ1) is 6.54. The van der Waals surface area contributed by atoms with Crippen LogP contribution in [0.15, 0.2) is 29.2 Å². The molecule has 0 fully saturated rings. The van der Waals surface area contributed by atoms with E-state index in [0.717, 1.165) is 18.4 Å². The monoisotopic (exact) mass is 232 g/mol. The minimum absolute atomic E-state index is 0.368. The molecular weight excluding hydrogens is 220 g/mol. The Labute approximate surface area is 89.8 Å². The van der Waals surface area contributed by atoms with Gasteiger partial charge in [0.25, 0.3) is 0 Å². The van der Waals surface area contributed by atoms with Crippen molar-refractivity contribution in [3.8, 4) is 0 Å². The van der Waals surface area contributed by atoms with Crippen molar-refractivity contribution in [3.63, 3.8) is 0 Å². The summed E-state index contributed by atoms with van der Waals surface area (Å²) >= 11 is 5.56. The van der Waals surface area contributed by atoms with Gasteiger partial charge in [-0.25, -0.2) is 8.42 Å². The summed E-state index contributed by atoms with van der Waals surface area (Å²) < 4.78 is 22.3. The van der Waals surface area contributed by atoms with Crippen LogP contribution in [-0.2, 0) is 16.3 Å². The van der Waals surface area contributed by atoms with Crippen LogP contribution in [0, 0.1) is 0 Å². The summed E-state index contributed by atoms with van der Waals surface area (Å²) in [6.45, 7) is 0. The maximum Gasteiger partial charge on any atom is 0.175 e. The summed E-state index contributed by atoms with van der Waals surface area (Å²) in [7, 11) is -3.07. The van der Waals surface area contributed by atoms with Crippen LogP contribution in [0.2, 0.25) is 0 Å². The Morgan fingerprint density at radius 3 is 2.21 bits per heavy atom. The Hall–Kier alpha value is -0.540. The number of benzene rings is 1. The quantitative estimate of drug-likeness (QED) is 0.747. The molecule has 1 rings (SSSR count). The number of halogens is 1. The van der Waals surface area contributed by atoms with Crippen molar-refractivity contribution >= 4 is 21.4 Å². The third kappa shape index (κ3) is 3.31. The second-order valence-corrected chi connectivity index (χ2v) is 5.60. The first-order valence-corrected chi connectivity index (χ1v) is 6.81. The van der Waals surface area contributed by atoms with Crippen LogP contribution in [-0.4, -0.2) is 20.6 Å². The predicted octanol–water partition coefficient (Wildman–Crippen LogP) is 2.26. The summed E-state index contributed by atoms with van der Waals surface area (Å²) in [6, 6.07) is 6.95. The Bertz CT molecular complexity index is 381. The van der Waals surface area contributed by atoms with E-state index >= 15 is 0 Å². The summed E-state index contributed by atoms with van der Waals surface area (Å²) in [6.07, 6.45) is 3.02. The normalized spacial score (nSPS) is 11.6. The van der Waals surface area contributed by atoms with Gasteiger partial charge in [-0.3, -0.25) is 0 Å². The lowest BCUT2D eigenvalue weighted by atomic mass is 10.1. The lowest BCUT2D eigenvalue weighted by Gasteiger charge is -2.01. The van der Waals surface area contributed by atoms with E-state index in [1.54, 1.807) is 12.1 Å². The van der Waals surface area contributed by atoms with Gasteiger partial charge in [0, 0.05) is 12.1 Å². The zero-order valence-corrected chi connectivity index (χ0v) is 9.61. The van der Waals surface area contributed by atoms with Gasteiger partial charge in [0.05, 0.1) is 4.90 Å². The van der Waals surface area contributed by atoms with E-state index in [-0.39, 0.29) is 0 Å². The van der Waals surface area contributed by atoms with Crippen molar-refractivity contribution < 1.29 is 8.42 Å². The highest BCUT2D eigenvalue weighted by molar-refractivity contribution is 7.90. The smallest absolute Gasteiger partial charge is 0.175 e. The van der Waals surface area contributed by atoms with Gasteiger partial charge in [0.2, 0.25) is 0 Å². The fraction of sp³-hybridized carbons (Fsp3) is 0.400. The Morgan fingerprint density at radius 1 is 1.21 bits per heavy atom. The molecule has 0 unspecified atom stereocenters. The van der Waals surface area contributed by atoms with Crippen molar-refractivity contribution in [2.75, 3.05) is 12.1 Å². The molecule has 0 saturated heterocycles. The standard InChI is InChI=1S/C10H13ClO2S/c1-14(12,13)10-6-4-9(5-7-10)3-2-8-11/h4-7H,2-3,8H2,1H3. The first kappa shape index (κ1) is 11.5. The van der Waals surface area contributed by atoms with Crippen LogP contribution in [0.1, 0.15) is 12.0 Å². The number of hydrogen-bond donors (Lipinski definition) is 0. The zero-order valence-electron chi connectivity index (χ0n) is 8.03. The Morgan fingerprint density at radius 2 is 1.79 bits per heavy atom. The van der Waals surface area contributed by atoms with Crippen molar-refractivity contribution in [1.29, 1.82) is 0 Å². The minimum Gasteiger partial charge on any atom is -0.224 e. The van der Waals surface area contributed by atoms with E-state index in [2.05, 4.69) is 0 Å². The molecule has 0 aliphatic carbocycles. The largest absolute Gasteiger partial charge is 0.224 e. The molecule has 0 radical (unpaired) electrons. The summed E-state index contributed by atoms with van der Waals surface area (Å²) in [4.78, 5) is 0.368. The maximum absolute atomic E-state index is 11.1. The molecule has 0 aromatic heterocycles. The van der Waals surface area contributed by atoms with Gasteiger partial charge in [0.1, 0.15) is 0 Å². The molecule has 0 spiro atoms. The SMILES string of the molecule is CS(=O)(=O)c1ccc(CCCCl)cc1. The molecule has 14 heavy (non-hydrogen) atoms. The average molecular weight is 233 g/mol. The van der Waals surface area contributed by atoms with Gasteiger partial charge in [-0.15, -0.1) is 11.6 Å². The Kier molecular flexibility index (Phi) is 3.96. The van der Waals surface area contributed by atoms with Crippen molar-refractivity contribution in [3.05, 3.63) is 29.8 Å². The lowest BCUT2D eigenvalue weighted by molar-refractivity contribution is 0.602. The number of sulfone groups is 1. The van der Waals surface area contributed by atoms with Gasteiger partial charge >= 0.3 is 0 Å². The number of alkyl halides is 1. The van der Waals surface area contributed by atoms with Crippen LogP contribution in [0.25, 0.3) is 0 Å². The molecule has 0 atom stereocenters. The molecule has 0 aliphatic rings. The Balaban J connectivity index is 2.79. The van der Waals surface area contributed by atoms with Gasteiger partial charge < -0.3 is 0 Å². The fourth-order valence-electron chi connectivity index (χ4n) is 1.17. The van der Waals surface area contributed by atoms with E-state index in [4.69, 9.17) is 11.6 Å². The topological polar surface area (TPSA) is 34.1 Å². The number of aryl methyl sites for hydroxylation is 1. The average Bonchev–Trinajstić information content (AvgIpc) is 2.14. The maximum atomic E-state index is 11.1. The second kappa shape index (κ2) is 4.80. The van der Waals surface area contributed by atoms with Crippen LogP contribution in [0.5, 0.6) is 0 Å². The predicted molar refractivity (Wildman–Crippen MR) is 58.6 cm³/mol. The van der Waals surface area contributed by atoms with Crippen molar-refractivity contribution in [2.24, 2.45) is 0 Å². The molecule has 0 amide bonds. The van der Waals surface area contributed by atoms with Crippen LogP contribution < -0.4 is 0 Å². The highest BCUT2D eigenvalue weighted by atomic mass is 35.5. The van der Waals surface area contributed by atoms with E-state index in [9.17, 15) is 8.42 Å². The molecule has 1 aromatic carbocycles. The molecule has 0 saturated carbocycles. The molecule has 0 heterocycles. The van der Waals surface area contributed by atoms with E-state index in [0.29, 0.717) is 10.8 Å². The van der Waals surface area contributed by atoms with E-state index in [1.165, 1.54) is 6.26 Å². The lowest BCUT2D eigenvalue weighted by Crippen LogP contribution is -1.97. The molecule has 2 nitrogen and oxygen atoms in total. The van der Waals surface area contributed by atoms with Crippen molar-refractivity contribution in [1.82, 2.24) is 0 Å². The molecule has 0 bridgehead atoms. The van der Waals surface area contributed by atoms with Crippen LogP contribution in [0.4, 0.5) is 0 Å². The van der Waals surface area contributed by atoms with Gasteiger partial charge in [0.15, 0.2) is 9.84 Å². The molecule has 0 aliphatic heterocycles. The third-order valence-electron chi connectivity index (χ3n) is 1.95. The fourth-order valence-corrected chi connectivity index (χ4v) is 1.94. The molecular formula is C10H13ClO2S. The van der Waals surface area contributed by atoms with Crippen molar-refractivity contribution in [2.45, 2.75) is 17.7 Å². The molecule has 1 aromatic rings. The second-order valence-electron chi connectivity index (χ2n) is 3.21. The summed E-state index contributed by atoms with van der Waals surface area (Å²) in [5.41, 5.74) is 1.12. The van der Waals surface area contributed by atoms with Crippen LogP contribution in [0.3, 0.4) is 0 Å². The molecule has 0 N–H and O–H groups in total. The van der Waals surface area contributed by atoms with Crippen LogP contribution >= 0.6 is 11.6 Å². The molecule has 78 valence electrons. The van der Waals surface area contributed by atoms with Gasteiger partial charge in [-0.05, 0) is 30.5 Å². The van der Waals surface area contributed by atoms with E-state index in [1.807, 2.05) is 12.1 Å². The first-order valence-electron chi connectivity index (χ1n) is 4.39. The highest BCUT2D eigenvalue weighted by Gasteiger charge is 2.05. The third-order valence-corrected chi connectivity index (χ3v) is 3.35. The molecule has 4 heteroatoms. The van der Waals surface area contributed by atoms with Gasteiger partial charge in [-0.2, -0.15) is 0 Å². The highest BCUT2D eigenvalue weighted by Crippen LogP contribution is 2.11. The zero-order chi connectivity index (χ0) is 10.6. The number of hydrogen-bond acceptors (Lipinski definition) is 2. The summed E-state index contributed by atoms with van der Waals surface area (Å²) in [5, 5.41) is 0. The minimum atomic E-state index is -3.07. The van der Waals surface area contributed by atoms with E-state index < -0.39 is 9.84 Å². The number of rotatable bonds is 4. The summed E-state index contributed by atoms with van der Waals surface area (Å²) in [5.74, 6) is 0.633.